The van der Waals surface area contributed by atoms with Gasteiger partial charge in [-0.3, -0.25) is 0 Å². The Bertz CT molecular complexity index is 507. The summed E-state index contributed by atoms with van der Waals surface area (Å²) in [5.41, 5.74) is 1.12. The number of hydrogen-bond acceptors (Lipinski definition) is 3. The highest BCUT2D eigenvalue weighted by Gasteiger charge is 2.36. The summed E-state index contributed by atoms with van der Waals surface area (Å²) in [4.78, 5) is 22.5. The van der Waals surface area contributed by atoms with Gasteiger partial charge in [0.1, 0.15) is 0 Å². The highest BCUT2D eigenvalue weighted by atomic mass is 32.2. The molecule has 0 saturated heterocycles. The SMILES string of the molecule is CSC1(CNC(=O)NCc2ccc(C(=O)O)cc2)CCC1. The molecular formula is C15H20N2O3S. The van der Waals surface area contributed by atoms with Crippen LogP contribution in [0.1, 0.15) is 35.2 Å². The number of carboxylic acids is 1. The van der Waals surface area contributed by atoms with Crippen LogP contribution in [0.15, 0.2) is 24.3 Å². The number of nitrogens with one attached hydrogen (secondary N) is 2. The smallest absolute Gasteiger partial charge is 0.335 e. The number of carbonyl (C=O) groups excluding carboxylic acids is 1. The van der Waals surface area contributed by atoms with Crippen LogP contribution in [0.2, 0.25) is 0 Å². The molecule has 0 aliphatic heterocycles. The van der Waals surface area contributed by atoms with Crippen LogP contribution >= 0.6 is 11.8 Å². The van der Waals surface area contributed by atoms with Crippen molar-refractivity contribution in [2.24, 2.45) is 0 Å². The zero-order valence-corrected chi connectivity index (χ0v) is 12.8. The second-order valence-corrected chi connectivity index (χ2v) is 6.55. The molecule has 1 fully saturated rings. The molecule has 0 radical (unpaired) electrons. The van der Waals surface area contributed by atoms with E-state index in [4.69, 9.17) is 5.11 Å². The standard InChI is InChI=1S/C15H20N2O3S/c1-21-15(7-2-8-15)10-17-14(20)16-9-11-3-5-12(6-4-11)13(18)19/h3-6H,2,7-10H2,1H3,(H,18,19)(H2,16,17,20). The molecule has 0 atom stereocenters. The average Bonchev–Trinajstić information content (AvgIpc) is 2.45. The summed E-state index contributed by atoms with van der Waals surface area (Å²) >= 11 is 1.82. The molecule has 1 saturated carbocycles. The Morgan fingerprint density at radius 1 is 1.24 bits per heavy atom. The van der Waals surface area contributed by atoms with Gasteiger partial charge in [-0.2, -0.15) is 11.8 Å². The number of carboxylic acid groups (broad SMARTS) is 1. The minimum Gasteiger partial charge on any atom is -0.478 e. The minimum atomic E-state index is -0.949. The van der Waals surface area contributed by atoms with Crippen LogP contribution < -0.4 is 10.6 Å². The van der Waals surface area contributed by atoms with Gasteiger partial charge in [-0.25, -0.2) is 9.59 Å². The maximum absolute atomic E-state index is 11.8. The second-order valence-electron chi connectivity index (χ2n) is 5.28. The summed E-state index contributed by atoms with van der Waals surface area (Å²) in [5.74, 6) is -0.949. The van der Waals surface area contributed by atoms with E-state index >= 15 is 0 Å². The first-order valence-electron chi connectivity index (χ1n) is 6.94. The van der Waals surface area contributed by atoms with Crippen molar-refractivity contribution in [3.8, 4) is 0 Å². The number of hydrogen-bond donors (Lipinski definition) is 3. The molecule has 0 aromatic heterocycles. The lowest BCUT2D eigenvalue weighted by molar-refractivity contribution is 0.0697. The summed E-state index contributed by atoms with van der Waals surface area (Å²) in [5, 5.41) is 14.5. The highest BCUT2D eigenvalue weighted by Crippen LogP contribution is 2.42. The fourth-order valence-corrected chi connectivity index (χ4v) is 3.19. The zero-order valence-electron chi connectivity index (χ0n) is 12.0. The Kier molecular flexibility index (Phi) is 5.12. The second kappa shape index (κ2) is 6.85. The van der Waals surface area contributed by atoms with Crippen LogP contribution in [0.25, 0.3) is 0 Å². The highest BCUT2D eigenvalue weighted by molar-refractivity contribution is 8.00. The normalized spacial score (nSPS) is 15.9. The first-order chi connectivity index (χ1) is 10.0. The summed E-state index contributed by atoms with van der Waals surface area (Å²) in [6.45, 7) is 1.08. The van der Waals surface area contributed by atoms with E-state index in [0.29, 0.717) is 13.1 Å². The molecule has 2 amide bonds. The quantitative estimate of drug-likeness (QED) is 0.754. The molecule has 0 spiro atoms. The Morgan fingerprint density at radius 2 is 1.90 bits per heavy atom. The van der Waals surface area contributed by atoms with Gasteiger partial charge in [-0.1, -0.05) is 18.6 Å². The fourth-order valence-electron chi connectivity index (χ4n) is 2.28. The average molecular weight is 308 g/mol. The minimum absolute atomic E-state index is 0.183. The van der Waals surface area contributed by atoms with E-state index in [9.17, 15) is 9.59 Å². The van der Waals surface area contributed by atoms with Crippen LogP contribution in [-0.4, -0.2) is 34.7 Å². The fraction of sp³-hybridized carbons (Fsp3) is 0.467. The summed E-state index contributed by atoms with van der Waals surface area (Å²) in [7, 11) is 0. The van der Waals surface area contributed by atoms with Crippen molar-refractivity contribution in [1.29, 1.82) is 0 Å². The monoisotopic (exact) mass is 308 g/mol. The van der Waals surface area contributed by atoms with Crippen LogP contribution in [0.5, 0.6) is 0 Å². The molecule has 114 valence electrons. The Balaban J connectivity index is 1.74. The van der Waals surface area contributed by atoms with Crippen molar-refractivity contribution in [1.82, 2.24) is 10.6 Å². The lowest BCUT2D eigenvalue weighted by atomic mass is 9.84. The molecule has 1 aliphatic rings. The number of amides is 2. The van der Waals surface area contributed by atoms with E-state index in [1.54, 1.807) is 12.1 Å². The molecule has 1 aromatic carbocycles. The molecule has 3 N–H and O–H groups in total. The molecule has 2 rings (SSSR count). The van der Waals surface area contributed by atoms with Crippen LogP contribution in [0.3, 0.4) is 0 Å². The molecule has 0 bridgehead atoms. The number of urea groups is 1. The lowest BCUT2D eigenvalue weighted by Gasteiger charge is -2.40. The topological polar surface area (TPSA) is 78.4 Å². The molecule has 1 aromatic rings. The van der Waals surface area contributed by atoms with Crippen LogP contribution in [0, 0.1) is 0 Å². The number of carbonyl (C=O) groups is 2. The van der Waals surface area contributed by atoms with E-state index in [1.807, 2.05) is 11.8 Å². The van der Waals surface area contributed by atoms with Gasteiger partial charge < -0.3 is 15.7 Å². The van der Waals surface area contributed by atoms with Gasteiger partial charge in [0, 0.05) is 17.8 Å². The molecule has 21 heavy (non-hydrogen) atoms. The van der Waals surface area contributed by atoms with Crippen molar-refractivity contribution in [2.75, 3.05) is 12.8 Å². The predicted molar refractivity (Wildman–Crippen MR) is 83.7 cm³/mol. The van der Waals surface area contributed by atoms with Crippen molar-refractivity contribution >= 4 is 23.8 Å². The molecular weight excluding hydrogens is 288 g/mol. The number of thioether (sulfide) groups is 1. The van der Waals surface area contributed by atoms with Crippen molar-refractivity contribution in [2.45, 2.75) is 30.6 Å². The molecule has 0 heterocycles. The van der Waals surface area contributed by atoms with E-state index < -0.39 is 5.97 Å². The summed E-state index contributed by atoms with van der Waals surface area (Å²) in [6.07, 6.45) is 5.64. The van der Waals surface area contributed by atoms with Gasteiger partial charge >= 0.3 is 12.0 Å². The number of rotatable bonds is 6. The summed E-state index contributed by atoms with van der Waals surface area (Å²) < 4.78 is 0.223. The molecule has 6 heteroatoms. The Hall–Kier alpha value is -1.69. The number of aromatic carboxylic acids is 1. The molecule has 5 nitrogen and oxygen atoms in total. The van der Waals surface area contributed by atoms with Gasteiger partial charge in [-0.15, -0.1) is 0 Å². The van der Waals surface area contributed by atoms with E-state index in [1.165, 1.54) is 18.6 Å². The Morgan fingerprint density at radius 3 is 2.38 bits per heavy atom. The lowest BCUT2D eigenvalue weighted by Crippen LogP contribution is -2.47. The summed E-state index contributed by atoms with van der Waals surface area (Å²) in [6, 6.07) is 6.30. The van der Waals surface area contributed by atoms with Crippen molar-refractivity contribution in [3.05, 3.63) is 35.4 Å². The van der Waals surface area contributed by atoms with Crippen molar-refractivity contribution in [3.63, 3.8) is 0 Å². The molecule has 1 aliphatic carbocycles. The zero-order chi connectivity index (χ0) is 15.3. The maximum Gasteiger partial charge on any atom is 0.335 e. The van der Waals surface area contributed by atoms with E-state index in [-0.39, 0.29) is 16.3 Å². The number of benzene rings is 1. The van der Waals surface area contributed by atoms with Gasteiger partial charge in [0.15, 0.2) is 0 Å². The van der Waals surface area contributed by atoms with E-state index in [0.717, 1.165) is 18.4 Å². The third-order valence-corrected chi connectivity index (χ3v) is 5.34. The predicted octanol–water partition coefficient (Wildman–Crippen LogP) is 2.47. The third-order valence-electron chi connectivity index (χ3n) is 3.92. The van der Waals surface area contributed by atoms with Crippen LogP contribution in [-0.2, 0) is 6.54 Å². The first-order valence-corrected chi connectivity index (χ1v) is 8.16. The first kappa shape index (κ1) is 15.7. The van der Waals surface area contributed by atoms with Crippen LogP contribution in [0.4, 0.5) is 4.79 Å². The van der Waals surface area contributed by atoms with Gasteiger partial charge in [0.25, 0.3) is 0 Å². The molecule has 0 unspecified atom stereocenters. The third kappa shape index (κ3) is 4.14. The van der Waals surface area contributed by atoms with Gasteiger partial charge in [0.05, 0.1) is 5.56 Å². The largest absolute Gasteiger partial charge is 0.478 e. The maximum atomic E-state index is 11.8. The van der Waals surface area contributed by atoms with Gasteiger partial charge in [-0.05, 0) is 36.8 Å². The van der Waals surface area contributed by atoms with Crippen molar-refractivity contribution < 1.29 is 14.7 Å². The Labute approximate surface area is 128 Å². The van der Waals surface area contributed by atoms with Gasteiger partial charge in [0.2, 0.25) is 0 Å². The van der Waals surface area contributed by atoms with E-state index in [2.05, 4.69) is 16.9 Å².